The Kier molecular flexibility index (Phi) is 3.96. The van der Waals surface area contributed by atoms with Crippen molar-refractivity contribution in [2.75, 3.05) is 0 Å². The van der Waals surface area contributed by atoms with Gasteiger partial charge >= 0.3 is 0 Å². The normalized spacial score (nSPS) is 12.7. The van der Waals surface area contributed by atoms with Gasteiger partial charge in [0.1, 0.15) is 5.82 Å². The molecular weight excluding hydrogens is 252 g/mol. The summed E-state index contributed by atoms with van der Waals surface area (Å²) in [5.41, 5.74) is 0. The first kappa shape index (κ1) is 11.9. The Hall–Kier alpha value is -1.58. The summed E-state index contributed by atoms with van der Waals surface area (Å²) in [5.74, 6) is 0.700. The summed E-state index contributed by atoms with van der Waals surface area (Å²) in [6.45, 7) is 1.82. The summed E-state index contributed by atoms with van der Waals surface area (Å²) in [5, 5.41) is 18.0. The van der Waals surface area contributed by atoms with Gasteiger partial charge < -0.3 is 0 Å². The number of aromatic nitrogens is 3. The van der Waals surface area contributed by atoms with Gasteiger partial charge in [0, 0.05) is 4.88 Å². The van der Waals surface area contributed by atoms with Crippen LogP contribution in [-0.2, 0) is 0 Å². The molecule has 0 aliphatic heterocycles. The average molecular weight is 262 g/mol. The van der Waals surface area contributed by atoms with Crippen molar-refractivity contribution in [2.45, 2.75) is 17.3 Å². The number of thioether (sulfide) groups is 1. The quantitative estimate of drug-likeness (QED) is 0.860. The number of rotatable bonds is 4. The van der Waals surface area contributed by atoms with E-state index in [0.717, 1.165) is 0 Å². The van der Waals surface area contributed by atoms with Gasteiger partial charge in [-0.05, 0) is 30.5 Å². The predicted octanol–water partition coefficient (Wildman–Crippen LogP) is 3.04. The fourth-order valence-corrected chi connectivity index (χ4v) is 2.35. The molecule has 0 spiro atoms. The highest BCUT2D eigenvalue weighted by molar-refractivity contribution is 7.99. The van der Waals surface area contributed by atoms with Crippen LogP contribution in [0.2, 0.25) is 0 Å². The number of H-pyrrole nitrogens is 1. The molecule has 0 fully saturated rings. The minimum Gasteiger partial charge on any atom is -0.259 e. The van der Waals surface area contributed by atoms with Crippen LogP contribution in [0.5, 0.6) is 0 Å². The molecule has 2 heterocycles. The summed E-state index contributed by atoms with van der Waals surface area (Å²) in [7, 11) is 0. The van der Waals surface area contributed by atoms with E-state index in [1.807, 2.05) is 36.6 Å². The number of aromatic amines is 1. The molecule has 2 aromatic heterocycles. The van der Waals surface area contributed by atoms with Gasteiger partial charge in [-0.1, -0.05) is 17.8 Å². The molecule has 0 bridgehead atoms. The van der Waals surface area contributed by atoms with E-state index in [4.69, 9.17) is 5.26 Å². The fraction of sp³-hybridized carbons (Fsp3) is 0.182. The molecule has 0 saturated carbocycles. The topological polar surface area (TPSA) is 65.4 Å². The average Bonchev–Trinajstić information content (AvgIpc) is 2.97. The lowest BCUT2D eigenvalue weighted by molar-refractivity contribution is 0.969. The minimum atomic E-state index is -0.139. The van der Waals surface area contributed by atoms with E-state index in [9.17, 15) is 0 Å². The largest absolute Gasteiger partial charge is 0.259 e. The first-order chi connectivity index (χ1) is 8.28. The molecule has 0 radical (unpaired) electrons. The summed E-state index contributed by atoms with van der Waals surface area (Å²) in [4.78, 5) is 5.43. The van der Waals surface area contributed by atoms with Gasteiger partial charge in [-0.2, -0.15) is 5.26 Å². The first-order valence-electron chi connectivity index (χ1n) is 4.98. The lowest BCUT2D eigenvalue weighted by Gasteiger charge is -1.93. The van der Waals surface area contributed by atoms with Crippen LogP contribution in [0.25, 0.3) is 12.2 Å². The molecule has 1 atom stereocenters. The summed E-state index contributed by atoms with van der Waals surface area (Å²) in [6, 6.07) is 6.16. The first-order valence-corrected chi connectivity index (χ1v) is 6.74. The number of nitriles is 1. The molecule has 1 N–H and O–H groups in total. The van der Waals surface area contributed by atoms with Crippen molar-refractivity contribution in [2.24, 2.45) is 0 Å². The van der Waals surface area contributed by atoms with Gasteiger partial charge in [-0.3, -0.25) is 5.10 Å². The van der Waals surface area contributed by atoms with Crippen LogP contribution in [-0.4, -0.2) is 20.4 Å². The fourth-order valence-electron chi connectivity index (χ4n) is 1.12. The molecule has 0 amide bonds. The van der Waals surface area contributed by atoms with Crippen molar-refractivity contribution >= 4 is 35.3 Å². The Balaban J connectivity index is 2.02. The molecule has 0 saturated heterocycles. The van der Waals surface area contributed by atoms with E-state index in [-0.39, 0.29) is 5.25 Å². The standard InChI is InChI=1S/C11H10N4S2/c1-8(7-12)17-11-13-10(14-15-11)5-4-9-3-2-6-16-9/h2-6,8H,1H3,(H,13,14,15)/b5-4+. The zero-order chi connectivity index (χ0) is 12.1. The Morgan fingerprint density at radius 3 is 3.18 bits per heavy atom. The number of hydrogen-bond donors (Lipinski definition) is 1. The van der Waals surface area contributed by atoms with Crippen LogP contribution >= 0.6 is 23.1 Å². The lowest BCUT2D eigenvalue weighted by atomic mass is 10.4. The molecule has 6 heteroatoms. The number of nitrogens with zero attached hydrogens (tertiary/aromatic N) is 3. The molecule has 0 aliphatic rings. The third-order valence-electron chi connectivity index (χ3n) is 1.89. The second-order valence-corrected chi connectivity index (χ2v) is 5.53. The van der Waals surface area contributed by atoms with Crippen molar-refractivity contribution in [3.8, 4) is 6.07 Å². The van der Waals surface area contributed by atoms with E-state index in [0.29, 0.717) is 11.0 Å². The molecule has 4 nitrogen and oxygen atoms in total. The Labute approximate surface area is 107 Å². The van der Waals surface area contributed by atoms with Crippen molar-refractivity contribution in [1.29, 1.82) is 5.26 Å². The Bertz CT molecular complexity index is 536. The van der Waals surface area contributed by atoms with Crippen LogP contribution in [0.3, 0.4) is 0 Å². The second kappa shape index (κ2) is 5.66. The SMILES string of the molecule is CC(C#N)Sc1n[nH]c(/C=C/c2cccs2)n1. The van der Waals surface area contributed by atoms with Crippen molar-refractivity contribution in [3.05, 3.63) is 28.2 Å². The molecular formula is C11H10N4S2. The van der Waals surface area contributed by atoms with Gasteiger partial charge in [0.05, 0.1) is 11.3 Å². The highest BCUT2D eigenvalue weighted by Crippen LogP contribution is 2.18. The van der Waals surface area contributed by atoms with Gasteiger partial charge in [-0.15, -0.1) is 16.4 Å². The Morgan fingerprint density at radius 1 is 1.59 bits per heavy atom. The highest BCUT2D eigenvalue weighted by Gasteiger charge is 2.06. The monoisotopic (exact) mass is 262 g/mol. The van der Waals surface area contributed by atoms with Crippen molar-refractivity contribution < 1.29 is 0 Å². The maximum Gasteiger partial charge on any atom is 0.209 e. The summed E-state index contributed by atoms with van der Waals surface area (Å²) in [6.07, 6.45) is 3.85. The third-order valence-corrected chi connectivity index (χ3v) is 3.58. The van der Waals surface area contributed by atoms with E-state index < -0.39 is 0 Å². The van der Waals surface area contributed by atoms with Crippen molar-refractivity contribution in [3.63, 3.8) is 0 Å². The number of nitrogens with one attached hydrogen (secondary N) is 1. The zero-order valence-corrected chi connectivity index (χ0v) is 10.8. The van der Waals surface area contributed by atoms with E-state index in [1.165, 1.54) is 16.6 Å². The Morgan fingerprint density at radius 2 is 2.47 bits per heavy atom. The molecule has 17 heavy (non-hydrogen) atoms. The number of hydrogen-bond acceptors (Lipinski definition) is 5. The van der Waals surface area contributed by atoms with E-state index in [1.54, 1.807) is 11.3 Å². The van der Waals surface area contributed by atoms with Gasteiger partial charge in [-0.25, -0.2) is 4.98 Å². The van der Waals surface area contributed by atoms with Gasteiger partial charge in [0.25, 0.3) is 0 Å². The molecule has 2 aromatic rings. The molecule has 2 rings (SSSR count). The van der Waals surface area contributed by atoms with Crippen LogP contribution in [0.1, 0.15) is 17.6 Å². The van der Waals surface area contributed by atoms with E-state index in [2.05, 4.69) is 21.3 Å². The van der Waals surface area contributed by atoms with Crippen LogP contribution in [0.4, 0.5) is 0 Å². The number of thiophene rings is 1. The second-order valence-electron chi connectivity index (χ2n) is 3.24. The molecule has 0 aliphatic carbocycles. The maximum atomic E-state index is 8.68. The molecule has 1 unspecified atom stereocenters. The van der Waals surface area contributed by atoms with Crippen LogP contribution < -0.4 is 0 Å². The van der Waals surface area contributed by atoms with E-state index >= 15 is 0 Å². The van der Waals surface area contributed by atoms with Gasteiger partial charge in [0.15, 0.2) is 0 Å². The van der Waals surface area contributed by atoms with Crippen LogP contribution in [0, 0.1) is 11.3 Å². The summed E-state index contributed by atoms with van der Waals surface area (Å²) < 4.78 is 0. The zero-order valence-electron chi connectivity index (χ0n) is 9.12. The highest BCUT2D eigenvalue weighted by atomic mass is 32.2. The van der Waals surface area contributed by atoms with Crippen LogP contribution in [0.15, 0.2) is 22.7 Å². The molecule has 86 valence electrons. The molecule has 0 aromatic carbocycles. The predicted molar refractivity (Wildman–Crippen MR) is 70.6 cm³/mol. The van der Waals surface area contributed by atoms with Gasteiger partial charge in [0.2, 0.25) is 5.16 Å². The minimum absolute atomic E-state index is 0.139. The summed E-state index contributed by atoms with van der Waals surface area (Å²) >= 11 is 3.01. The third kappa shape index (κ3) is 3.44. The maximum absolute atomic E-state index is 8.68. The smallest absolute Gasteiger partial charge is 0.209 e. The van der Waals surface area contributed by atoms with Crippen molar-refractivity contribution in [1.82, 2.24) is 15.2 Å². The lowest BCUT2D eigenvalue weighted by Crippen LogP contribution is -1.90.